The zero-order valence-corrected chi connectivity index (χ0v) is 19.5. The summed E-state index contributed by atoms with van der Waals surface area (Å²) < 4.78 is 27.8. The van der Waals surface area contributed by atoms with Crippen LogP contribution in [0, 0.1) is 0 Å². The van der Waals surface area contributed by atoms with Crippen molar-refractivity contribution >= 4 is 27.4 Å². The van der Waals surface area contributed by atoms with E-state index in [0.717, 1.165) is 16.8 Å². The minimum Gasteiger partial charge on any atom is -0.369 e. The zero-order chi connectivity index (χ0) is 24.0. The van der Waals surface area contributed by atoms with Crippen LogP contribution in [0.3, 0.4) is 0 Å². The van der Waals surface area contributed by atoms with Crippen LogP contribution in [0.4, 0.5) is 16.2 Å². The number of urea groups is 1. The molecule has 0 atom stereocenters. The highest BCUT2D eigenvalue weighted by Crippen LogP contribution is 2.24. The summed E-state index contributed by atoms with van der Waals surface area (Å²) in [5, 5.41) is 5.45. The summed E-state index contributed by atoms with van der Waals surface area (Å²) >= 11 is 0. The molecule has 178 valence electrons. The Morgan fingerprint density at radius 2 is 1.71 bits per heavy atom. The summed E-state index contributed by atoms with van der Waals surface area (Å²) in [6.45, 7) is 2.74. The summed E-state index contributed by atoms with van der Waals surface area (Å²) in [4.78, 5) is 18.5. The Hall–Kier alpha value is -3.47. The van der Waals surface area contributed by atoms with E-state index in [4.69, 9.17) is 5.73 Å². The molecule has 3 aromatic rings. The standard InChI is InChI=1S/C24H28N6O3S/c25-16-20-5-1-2-6-23(20)29-12-14-30(15-13-29)34(32,33)22-9-7-21(8-10-22)28-24(31)27-18-19-4-3-11-26-17-19/h1-11,17H,12-16,18,25H2,(H2,27,28,31). The van der Waals surface area contributed by atoms with Crippen LogP contribution in [0.5, 0.6) is 0 Å². The average Bonchev–Trinajstić information content (AvgIpc) is 2.88. The van der Waals surface area contributed by atoms with Crippen LogP contribution in [-0.2, 0) is 23.1 Å². The SMILES string of the molecule is NCc1ccccc1N1CCN(S(=O)(=O)c2ccc(NC(=O)NCc3cccnc3)cc2)CC1. The predicted octanol–water partition coefficient (Wildman–Crippen LogP) is 2.37. The van der Waals surface area contributed by atoms with Crippen LogP contribution in [0.15, 0.2) is 78.0 Å². The number of carbonyl (C=O) groups excluding carboxylic acids is 1. The van der Waals surface area contributed by atoms with Gasteiger partial charge in [-0.1, -0.05) is 24.3 Å². The number of para-hydroxylation sites is 1. The Labute approximate surface area is 199 Å². The number of piperazine rings is 1. The first-order chi connectivity index (χ1) is 16.5. The van der Waals surface area contributed by atoms with Crippen LogP contribution >= 0.6 is 0 Å². The van der Waals surface area contributed by atoms with Crippen LogP contribution in [-0.4, -0.2) is 49.9 Å². The first kappa shape index (κ1) is 23.7. The van der Waals surface area contributed by atoms with Gasteiger partial charge in [-0.2, -0.15) is 4.31 Å². The lowest BCUT2D eigenvalue weighted by atomic mass is 10.1. The van der Waals surface area contributed by atoms with Crippen molar-refractivity contribution in [1.29, 1.82) is 0 Å². The van der Waals surface area contributed by atoms with E-state index in [1.54, 1.807) is 30.6 Å². The number of amides is 2. The van der Waals surface area contributed by atoms with Crippen molar-refractivity contribution in [3.8, 4) is 0 Å². The largest absolute Gasteiger partial charge is 0.369 e. The fourth-order valence-electron chi connectivity index (χ4n) is 3.88. The summed E-state index contributed by atoms with van der Waals surface area (Å²) in [6.07, 6.45) is 3.34. The van der Waals surface area contributed by atoms with Gasteiger partial charge in [0.2, 0.25) is 10.0 Å². The van der Waals surface area contributed by atoms with Crippen molar-refractivity contribution in [2.24, 2.45) is 5.73 Å². The molecule has 2 amide bonds. The molecule has 0 aliphatic carbocycles. The molecule has 0 bridgehead atoms. The van der Waals surface area contributed by atoms with Gasteiger partial charge in [0.15, 0.2) is 0 Å². The molecule has 4 N–H and O–H groups in total. The van der Waals surface area contributed by atoms with E-state index in [1.807, 2.05) is 30.3 Å². The van der Waals surface area contributed by atoms with Crippen molar-refractivity contribution in [1.82, 2.24) is 14.6 Å². The van der Waals surface area contributed by atoms with Crippen molar-refractivity contribution in [3.05, 3.63) is 84.2 Å². The van der Waals surface area contributed by atoms with Crippen LogP contribution in [0.1, 0.15) is 11.1 Å². The third kappa shape index (κ3) is 5.53. The number of benzene rings is 2. The van der Waals surface area contributed by atoms with E-state index < -0.39 is 10.0 Å². The van der Waals surface area contributed by atoms with E-state index in [1.165, 1.54) is 16.4 Å². The van der Waals surface area contributed by atoms with E-state index in [2.05, 4.69) is 20.5 Å². The normalized spacial score (nSPS) is 14.6. The molecule has 2 heterocycles. The van der Waals surface area contributed by atoms with Gasteiger partial charge in [-0.25, -0.2) is 13.2 Å². The molecule has 10 heteroatoms. The number of nitrogens with one attached hydrogen (secondary N) is 2. The van der Waals surface area contributed by atoms with Gasteiger partial charge in [-0.05, 0) is 47.5 Å². The topological polar surface area (TPSA) is 121 Å². The maximum atomic E-state index is 13.1. The number of pyridine rings is 1. The second kappa shape index (κ2) is 10.6. The number of anilines is 2. The van der Waals surface area contributed by atoms with Gasteiger partial charge >= 0.3 is 6.03 Å². The number of hydrogen-bond acceptors (Lipinski definition) is 6. The van der Waals surface area contributed by atoms with Gasteiger partial charge in [0.25, 0.3) is 0 Å². The summed E-state index contributed by atoms with van der Waals surface area (Å²) in [5.41, 5.74) is 9.34. The molecule has 1 aliphatic heterocycles. The molecule has 9 nitrogen and oxygen atoms in total. The highest BCUT2D eigenvalue weighted by molar-refractivity contribution is 7.89. The molecule has 1 aromatic heterocycles. The Morgan fingerprint density at radius 1 is 0.971 bits per heavy atom. The molecule has 0 saturated carbocycles. The number of aromatic nitrogens is 1. The monoisotopic (exact) mass is 480 g/mol. The second-order valence-corrected chi connectivity index (χ2v) is 9.86. The molecule has 0 unspecified atom stereocenters. The molecule has 1 fully saturated rings. The maximum absolute atomic E-state index is 13.1. The van der Waals surface area contributed by atoms with E-state index in [0.29, 0.717) is 45.0 Å². The number of nitrogens with zero attached hydrogens (tertiary/aromatic N) is 3. The van der Waals surface area contributed by atoms with Gasteiger partial charge in [0.05, 0.1) is 4.90 Å². The second-order valence-electron chi connectivity index (χ2n) is 7.92. The lowest BCUT2D eigenvalue weighted by Gasteiger charge is -2.36. The first-order valence-corrected chi connectivity index (χ1v) is 12.5. The molecule has 0 spiro atoms. The van der Waals surface area contributed by atoms with Crippen molar-refractivity contribution in [2.45, 2.75) is 18.0 Å². The van der Waals surface area contributed by atoms with Crippen LogP contribution in [0.25, 0.3) is 0 Å². The fourth-order valence-corrected chi connectivity index (χ4v) is 5.30. The van der Waals surface area contributed by atoms with Gasteiger partial charge in [0, 0.05) is 63.0 Å². The Morgan fingerprint density at radius 3 is 2.38 bits per heavy atom. The number of sulfonamides is 1. The maximum Gasteiger partial charge on any atom is 0.319 e. The quantitative estimate of drug-likeness (QED) is 0.478. The number of carbonyl (C=O) groups is 1. The molecule has 2 aromatic carbocycles. The molecule has 34 heavy (non-hydrogen) atoms. The highest BCUT2D eigenvalue weighted by Gasteiger charge is 2.29. The fraction of sp³-hybridized carbons (Fsp3) is 0.250. The average molecular weight is 481 g/mol. The highest BCUT2D eigenvalue weighted by atomic mass is 32.2. The molecule has 1 aliphatic rings. The Kier molecular flexibility index (Phi) is 7.41. The van der Waals surface area contributed by atoms with Gasteiger partial charge in [-0.3, -0.25) is 4.98 Å². The lowest BCUT2D eigenvalue weighted by molar-refractivity contribution is 0.251. The Balaban J connectivity index is 1.33. The third-order valence-corrected chi connectivity index (χ3v) is 7.63. The first-order valence-electron chi connectivity index (χ1n) is 11.0. The molecule has 0 radical (unpaired) electrons. The van der Waals surface area contributed by atoms with Crippen LogP contribution in [0.2, 0.25) is 0 Å². The van der Waals surface area contributed by atoms with Crippen molar-refractivity contribution < 1.29 is 13.2 Å². The predicted molar refractivity (Wildman–Crippen MR) is 132 cm³/mol. The van der Waals surface area contributed by atoms with Gasteiger partial charge in [-0.15, -0.1) is 0 Å². The van der Waals surface area contributed by atoms with Crippen molar-refractivity contribution in [2.75, 3.05) is 36.4 Å². The number of nitrogens with two attached hydrogens (primary N) is 1. The minimum atomic E-state index is -3.63. The molecular formula is C24H28N6O3S. The third-order valence-electron chi connectivity index (χ3n) is 5.72. The van der Waals surface area contributed by atoms with E-state index in [9.17, 15) is 13.2 Å². The smallest absolute Gasteiger partial charge is 0.319 e. The minimum absolute atomic E-state index is 0.199. The van der Waals surface area contributed by atoms with Crippen LogP contribution < -0.4 is 21.3 Å². The van der Waals surface area contributed by atoms with Crippen molar-refractivity contribution in [3.63, 3.8) is 0 Å². The van der Waals surface area contributed by atoms with E-state index >= 15 is 0 Å². The summed E-state index contributed by atoms with van der Waals surface area (Å²) in [6, 6.07) is 17.4. The number of hydrogen-bond donors (Lipinski definition) is 3. The van der Waals surface area contributed by atoms with Gasteiger partial charge in [0.1, 0.15) is 0 Å². The lowest BCUT2D eigenvalue weighted by Crippen LogP contribution is -2.49. The van der Waals surface area contributed by atoms with E-state index in [-0.39, 0.29) is 10.9 Å². The zero-order valence-electron chi connectivity index (χ0n) is 18.7. The summed E-state index contributed by atoms with van der Waals surface area (Å²) in [5.74, 6) is 0. The molecule has 4 rings (SSSR count). The molecular weight excluding hydrogens is 452 g/mol. The Bertz CT molecular complexity index is 1210. The molecule has 1 saturated heterocycles. The number of rotatable bonds is 7. The van der Waals surface area contributed by atoms with Gasteiger partial charge < -0.3 is 21.3 Å². The summed E-state index contributed by atoms with van der Waals surface area (Å²) in [7, 11) is -3.63.